The summed E-state index contributed by atoms with van der Waals surface area (Å²) in [6.07, 6.45) is 0. The molecule has 4 nitrogen and oxygen atoms in total. The Bertz CT molecular complexity index is 1040. The zero-order valence-electron chi connectivity index (χ0n) is 14.9. The molecule has 4 heteroatoms. The Balaban J connectivity index is 1.65. The van der Waals surface area contributed by atoms with E-state index >= 15 is 0 Å². The van der Waals surface area contributed by atoms with Crippen LogP contribution in [0.1, 0.15) is 20.7 Å². The van der Waals surface area contributed by atoms with Crippen LogP contribution in [0.25, 0.3) is 10.8 Å². The van der Waals surface area contributed by atoms with Crippen LogP contribution in [-0.2, 0) is 0 Å². The third-order valence-corrected chi connectivity index (χ3v) is 4.27. The molecule has 0 amide bonds. The largest absolute Gasteiger partial charge is 0.422 e. The van der Waals surface area contributed by atoms with Crippen LogP contribution in [0.15, 0.2) is 97.1 Å². The summed E-state index contributed by atoms with van der Waals surface area (Å²) in [6, 6.07) is 28.2. The Morgan fingerprint density at radius 1 is 0.464 bits per heavy atom. The van der Waals surface area contributed by atoms with Gasteiger partial charge in [0.1, 0.15) is 11.5 Å². The summed E-state index contributed by atoms with van der Waals surface area (Å²) in [5.74, 6) is -0.0764. The predicted octanol–water partition coefficient (Wildman–Crippen LogP) is 5.28. The fourth-order valence-corrected chi connectivity index (χ4v) is 2.89. The molecule has 0 saturated heterocycles. The lowest BCUT2D eigenvalue weighted by atomic mass is 10.1. The summed E-state index contributed by atoms with van der Waals surface area (Å²) < 4.78 is 11.2. The lowest BCUT2D eigenvalue weighted by molar-refractivity contribution is 0.0723. The second-order valence-corrected chi connectivity index (χ2v) is 6.12. The van der Waals surface area contributed by atoms with E-state index < -0.39 is 11.9 Å². The van der Waals surface area contributed by atoms with Gasteiger partial charge in [-0.1, -0.05) is 60.7 Å². The molecule has 0 saturated carbocycles. The van der Waals surface area contributed by atoms with Gasteiger partial charge < -0.3 is 9.47 Å². The van der Waals surface area contributed by atoms with E-state index in [-0.39, 0.29) is 0 Å². The van der Waals surface area contributed by atoms with Crippen molar-refractivity contribution in [3.8, 4) is 11.5 Å². The number of fused-ring (bicyclic) bond motifs is 1. The molecular formula is C24H16O4. The number of esters is 2. The minimum atomic E-state index is -0.445. The maximum atomic E-state index is 12.4. The Hall–Kier alpha value is -3.92. The van der Waals surface area contributed by atoms with Gasteiger partial charge in [-0.3, -0.25) is 0 Å². The van der Waals surface area contributed by atoms with Crippen molar-refractivity contribution < 1.29 is 19.1 Å². The summed E-state index contributed by atoms with van der Waals surface area (Å²) in [5.41, 5.74) is 0.928. The van der Waals surface area contributed by atoms with Crippen molar-refractivity contribution in [1.82, 2.24) is 0 Å². The van der Waals surface area contributed by atoms with Gasteiger partial charge in [-0.05, 0) is 36.4 Å². The summed E-state index contributed by atoms with van der Waals surface area (Å²) in [5, 5.41) is 1.37. The van der Waals surface area contributed by atoms with Crippen LogP contribution in [-0.4, -0.2) is 11.9 Å². The first-order valence-corrected chi connectivity index (χ1v) is 8.78. The molecular weight excluding hydrogens is 352 g/mol. The molecule has 0 bridgehead atoms. The van der Waals surface area contributed by atoms with Crippen molar-refractivity contribution in [1.29, 1.82) is 0 Å². The topological polar surface area (TPSA) is 52.6 Å². The molecule has 4 rings (SSSR count). The number of hydrogen-bond acceptors (Lipinski definition) is 4. The number of carbonyl (C=O) groups excluding carboxylic acids is 2. The van der Waals surface area contributed by atoms with Crippen LogP contribution < -0.4 is 9.47 Å². The molecule has 0 fully saturated rings. The maximum Gasteiger partial charge on any atom is 0.343 e. The van der Waals surface area contributed by atoms with Gasteiger partial charge in [-0.25, -0.2) is 9.59 Å². The van der Waals surface area contributed by atoms with Crippen LogP contribution in [0.2, 0.25) is 0 Å². The van der Waals surface area contributed by atoms with Crippen LogP contribution in [0.4, 0.5) is 0 Å². The average molecular weight is 368 g/mol. The number of benzene rings is 4. The van der Waals surface area contributed by atoms with E-state index in [9.17, 15) is 9.59 Å². The Morgan fingerprint density at radius 3 is 1.21 bits per heavy atom. The van der Waals surface area contributed by atoms with Gasteiger partial charge in [0, 0.05) is 10.8 Å². The van der Waals surface area contributed by atoms with Crippen molar-refractivity contribution in [2.75, 3.05) is 0 Å². The summed E-state index contributed by atoms with van der Waals surface area (Å²) >= 11 is 0. The normalized spacial score (nSPS) is 10.4. The molecule has 28 heavy (non-hydrogen) atoms. The molecule has 0 aliphatic heterocycles. The minimum Gasteiger partial charge on any atom is -0.422 e. The summed E-state index contributed by atoms with van der Waals surface area (Å²) in [4.78, 5) is 24.8. The summed E-state index contributed by atoms with van der Waals surface area (Å²) in [7, 11) is 0. The second kappa shape index (κ2) is 7.76. The van der Waals surface area contributed by atoms with Crippen LogP contribution in [0.3, 0.4) is 0 Å². The zero-order chi connectivity index (χ0) is 19.3. The highest BCUT2D eigenvalue weighted by Gasteiger charge is 2.15. The highest BCUT2D eigenvalue weighted by atomic mass is 16.5. The molecule has 4 aromatic rings. The maximum absolute atomic E-state index is 12.4. The molecule has 0 aromatic heterocycles. The smallest absolute Gasteiger partial charge is 0.343 e. The van der Waals surface area contributed by atoms with Crippen LogP contribution >= 0.6 is 0 Å². The van der Waals surface area contributed by atoms with Crippen LogP contribution in [0.5, 0.6) is 11.5 Å². The predicted molar refractivity (Wildman–Crippen MR) is 107 cm³/mol. The van der Waals surface area contributed by atoms with Crippen LogP contribution in [0, 0.1) is 0 Å². The van der Waals surface area contributed by atoms with E-state index in [0.717, 1.165) is 0 Å². The van der Waals surface area contributed by atoms with Crippen molar-refractivity contribution in [3.63, 3.8) is 0 Å². The molecule has 0 spiro atoms. The van der Waals surface area contributed by atoms with E-state index in [2.05, 4.69) is 0 Å². The molecule has 0 heterocycles. The van der Waals surface area contributed by atoms with Gasteiger partial charge >= 0.3 is 11.9 Å². The third-order valence-electron chi connectivity index (χ3n) is 4.27. The van der Waals surface area contributed by atoms with E-state index in [1.807, 2.05) is 36.4 Å². The lowest BCUT2D eigenvalue weighted by Crippen LogP contribution is -2.10. The molecule has 136 valence electrons. The Morgan fingerprint density at radius 2 is 0.821 bits per heavy atom. The molecule has 4 aromatic carbocycles. The molecule has 0 N–H and O–H groups in total. The fourth-order valence-electron chi connectivity index (χ4n) is 2.89. The Kier molecular flexibility index (Phi) is 4.85. The van der Waals surface area contributed by atoms with Gasteiger partial charge in [0.15, 0.2) is 0 Å². The number of rotatable bonds is 4. The van der Waals surface area contributed by atoms with E-state index in [1.165, 1.54) is 0 Å². The average Bonchev–Trinajstić information content (AvgIpc) is 2.76. The number of ether oxygens (including phenoxy) is 2. The highest BCUT2D eigenvalue weighted by Crippen LogP contribution is 2.34. The standard InChI is InChI=1S/C24H16O4/c25-23(17-9-3-1-4-10-17)27-21-15-16-22(20-14-8-7-13-19(20)21)28-24(26)18-11-5-2-6-12-18/h1-16H. The highest BCUT2D eigenvalue weighted by molar-refractivity contribution is 5.99. The van der Waals surface area contributed by atoms with E-state index in [1.54, 1.807) is 60.7 Å². The first kappa shape index (κ1) is 17.5. The van der Waals surface area contributed by atoms with E-state index in [0.29, 0.717) is 33.4 Å². The lowest BCUT2D eigenvalue weighted by Gasteiger charge is -2.12. The minimum absolute atomic E-state index is 0.406. The molecule has 0 unspecified atom stereocenters. The fraction of sp³-hybridized carbons (Fsp3) is 0. The van der Waals surface area contributed by atoms with Gasteiger partial charge in [-0.2, -0.15) is 0 Å². The molecule has 0 atom stereocenters. The SMILES string of the molecule is O=C(Oc1ccc(OC(=O)c2ccccc2)c2ccccc12)c1ccccc1. The van der Waals surface area contributed by atoms with Crippen molar-refractivity contribution in [2.24, 2.45) is 0 Å². The van der Waals surface area contributed by atoms with Gasteiger partial charge in [-0.15, -0.1) is 0 Å². The second-order valence-electron chi connectivity index (χ2n) is 6.12. The monoisotopic (exact) mass is 368 g/mol. The number of hydrogen-bond donors (Lipinski definition) is 0. The van der Waals surface area contributed by atoms with Crippen molar-refractivity contribution in [2.45, 2.75) is 0 Å². The first-order chi connectivity index (χ1) is 13.7. The quantitative estimate of drug-likeness (QED) is 0.363. The van der Waals surface area contributed by atoms with E-state index in [4.69, 9.17) is 9.47 Å². The molecule has 0 aliphatic carbocycles. The third kappa shape index (κ3) is 3.62. The molecule has 0 aliphatic rings. The first-order valence-electron chi connectivity index (χ1n) is 8.78. The zero-order valence-corrected chi connectivity index (χ0v) is 14.9. The summed E-state index contributed by atoms with van der Waals surface area (Å²) in [6.45, 7) is 0. The molecule has 0 radical (unpaired) electrons. The van der Waals surface area contributed by atoms with Gasteiger partial charge in [0.25, 0.3) is 0 Å². The van der Waals surface area contributed by atoms with Crippen molar-refractivity contribution in [3.05, 3.63) is 108 Å². The van der Waals surface area contributed by atoms with Gasteiger partial charge in [0.2, 0.25) is 0 Å². The van der Waals surface area contributed by atoms with Crippen molar-refractivity contribution >= 4 is 22.7 Å². The number of carbonyl (C=O) groups is 2. The van der Waals surface area contributed by atoms with Gasteiger partial charge in [0.05, 0.1) is 11.1 Å². The Labute approximate surface area is 162 Å².